The van der Waals surface area contributed by atoms with Crippen LogP contribution >= 0.6 is 0 Å². The van der Waals surface area contributed by atoms with Gasteiger partial charge in [-0.05, 0) is 37.4 Å². The van der Waals surface area contributed by atoms with Crippen LogP contribution in [0.15, 0.2) is 72.2 Å². The number of pyridine rings is 2. The molecule has 0 bridgehead atoms. The van der Waals surface area contributed by atoms with Crippen LogP contribution in [0.3, 0.4) is 0 Å². The maximum Gasteiger partial charge on any atom is 0.332 e. The quantitative estimate of drug-likeness (QED) is 0.222. The molecule has 0 spiro atoms. The van der Waals surface area contributed by atoms with Crippen LogP contribution < -0.4 is 5.32 Å². The molecule has 32 heavy (non-hydrogen) atoms. The molecule has 0 amide bonds. The fraction of sp³-hybridized carbons (Fsp3) is 0.100. The van der Waals surface area contributed by atoms with Crippen LogP contribution in [-0.4, -0.2) is 46.5 Å². The number of carboxylic acids is 1. The first-order valence-electron chi connectivity index (χ1n) is 9.01. The second kappa shape index (κ2) is 9.49. The largest absolute Gasteiger partial charge is 0.478 e. The molecule has 3 heterocycles. The molecule has 12 heteroatoms. The molecule has 3 aromatic rings. The summed E-state index contributed by atoms with van der Waals surface area (Å²) in [5.41, 5.74) is 0.000270. The maximum absolute atomic E-state index is 14.4. The standard InChI is InChI=1S/C20H17FN4O6S/c1-22-20(31-18(28)7-6-17(26)27)13-10-16(15-5-3-9-24-19(15)21)25(12-13)32(29,30)14-4-2-8-23-11-14/h2-12,20,22H,1H3,(H,26,27)/b7-6+. The first-order chi connectivity index (χ1) is 15.2. The maximum atomic E-state index is 14.4. The number of hydrogen-bond acceptors (Lipinski definition) is 8. The zero-order valence-corrected chi connectivity index (χ0v) is 17.4. The topological polar surface area (TPSA) is 140 Å². The molecule has 0 saturated carbocycles. The van der Waals surface area contributed by atoms with Crippen LogP contribution in [0.4, 0.5) is 4.39 Å². The van der Waals surface area contributed by atoms with Crippen molar-refractivity contribution < 1.29 is 32.2 Å². The fourth-order valence-corrected chi connectivity index (χ4v) is 4.12. The number of carbonyl (C=O) groups is 2. The Morgan fingerprint density at radius 3 is 2.62 bits per heavy atom. The lowest BCUT2D eigenvalue weighted by atomic mass is 10.2. The number of nitrogens with zero attached hydrogens (tertiary/aromatic N) is 3. The number of carbonyl (C=O) groups excluding carboxylic acids is 1. The normalized spacial score (nSPS) is 12.6. The van der Waals surface area contributed by atoms with E-state index >= 15 is 0 Å². The molecule has 0 aromatic carbocycles. The molecule has 0 aliphatic rings. The van der Waals surface area contributed by atoms with Crippen LogP contribution in [0.1, 0.15) is 11.8 Å². The molecule has 0 aliphatic heterocycles. The van der Waals surface area contributed by atoms with Gasteiger partial charge in [0.05, 0.1) is 11.3 Å². The van der Waals surface area contributed by atoms with Gasteiger partial charge < -0.3 is 9.84 Å². The smallest absolute Gasteiger partial charge is 0.332 e. The van der Waals surface area contributed by atoms with Crippen molar-refractivity contribution in [3.05, 3.63) is 78.8 Å². The van der Waals surface area contributed by atoms with E-state index in [0.717, 1.165) is 10.2 Å². The van der Waals surface area contributed by atoms with E-state index in [2.05, 4.69) is 15.3 Å². The van der Waals surface area contributed by atoms with Gasteiger partial charge in [-0.2, -0.15) is 4.39 Å². The number of halogens is 1. The van der Waals surface area contributed by atoms with Crippen LogP contribution in [0.25, 0.3) is 11.3 Å². The first-order valence-corrected chi connectivity index (χ1v) is 10.5. The van der Waals surface area contributed by atoms with Gasteiger partial charge in [0.1, 0.15) is 4.90 Å². The Kier molecular flexibility index (Phi) is 6.76. The molecule has 3 rings (SSSR count). The number of aliphatic carboxylic acids is 1. The summed E-state index contributed by atoms with van der Waals surface area (Å²) in [5, 5.41) is 11.3. The minimum Gasteiger partial charge on any atom is -0.478 e. The predicted octanol–water partition coefficient (Wildman–Crippen LogP) is 1.72. The molecule has 10 nitrogen and oxygen atoms in total. The lowest BCUT2D eigenvalue weighted by Gasteiger charge is -2.14. The highest BCUT2D eigenvalue weighted by molar-refractivity contribution is 7.90. The number of aromatic nitrogens is 3. The molecule has 0 aliphatic carbocycles. The predicted molar refractivity (Wildman–Crippen MR) is 109 cm³/mol. The minimum atomic E-state index is -4.21. The van der Waals surface area contributed by atoms with Gasteiger partial charge in [0.15, 0.2) is 6.23 Å². The van der Waals surface area contributed by atoms with Crippen molar-refractivity contribution in [1.82, 2.24) is 19.3 Å². The third-order valence-electron chi connectivity index (χ3n) is 4.19. The summed E-state index contributed by atoms with van der Waals surface area (Å²) >= 11 is 0. The van der Waals surface area contributed by atoms with Gasteiger partial charge in [-0.1, -0.05) is 0 Å². The second-order valence-electron chi connectivity index (χ2n) is 6.27. The molecule has 0 fully saturated rings. The van der Waals surface area contributed by atoms with Crippen LogP contribution in [0.2, 0.25) is 0 Å². The highest BCUT2D eigenvalue weighted by Gasteiger charge is 2.26. The van der Waals surface area contributed by atoms with Crippen molar-refractivity contribution in [3.8, 4) is 11.3 Å². The third kappa shape index (κ3) is 4.87. The Morgan fingerprint density at radius 1 is 1.25 bits per heavy atom. The molecule has 166 valence electrons. The molecular formula is C20H17FN4O6S. The highest BCUT2D eigenvalue weighted by atomic mass is 32.2. The highest BCUT2D eigenvalue weighted by Crippen LogP contribution is 2.30. The number of carboxylic acid groups (broad SMARTS) is 1. The van der Waals surface area contributed by atoms with E-state index in [9.17, 15) is 22.4 Å². The number of esters is 1. The van der Waals surface area contributed by atoms with E-state index in [1.54, 1.807) is 0 Å². The van der Waals surface area contributed by atoms with Crippen molar-refractivity contribution in [2.45, 2.75) is 11.1 Å². The first kappa shape index (κ1) is 22.8. The van der Waals surface area contributed by atoms with Gasteiger partial charge >= 0.3 is 11.9 Å². The van der Waals surface area contributed by atoms with Crippen molar-refractivity contribution in [2.75, 3.05) is 7.05 Å². The SMILES string of the molecule is CNC(OC(=O)/C=C/C(=O)O)c1cc(-c2cccnc2F)n(S(=O)(=O)c2cccnc2)c1. The van der Waals surface area contributed by atoms with Crippen LogP contribution in [0.5, 0.6) is 0 Å². The van der Waals surface area contributed by atoms with Crippen molar-refractivity contribution >= 4 is 22.0 Å². The van der Waals surface area contributed by atoms with Crippen LogP contribution in [0, 0.1) is 5.95 Å². The summed E-state index contributed by atoms with van der Waals surface area (Å²) in [6.07, 6.45) is 5.08. The number of nitrogens with one attached hydrogen (secondary N) is 1. The average Bonchev–Trinajstić information content (AvgIpc) is 3.23. The number of ether oxygens (including phenoxy) is 1. The van der Waals surface area contributed by atoms with Crippen LogP contribution in [-0.2, 0) is 24.3 Å². The van der Waals surface area contributed by atoms with Crippen molar-refractivity contribution in [1.29, 1.82) is 0 Å². The Hall–Kier alpha value is -3.90. The molecular weight excluding hydrogens is 443 g/mol. The monoisotopic (exact) mass is 460 g/mol. The van der Waals surface area contributed by atoms with E-state index in [1.165, 1.54) is 56.0 Å². The number of hydrogen-bond donors (Lipinski definition) is 2. The van der Waals surface area contributed by atoms with Gasteiger partial charge in [0, 0.05) is 42.5 Å². The summed E-state index contributed by atoms with van der Waals surface area (Å²) in [6, 6.07) is 6.89. The van der Waals surface area contributed by atoms with Crippen molar-refractivity contribution in [3.63, 3.8) is 0 Å². The molecule has 0 radical (unpaired) electrons. The van der Waals surface area contributed by atoms with Crippen molar-refractivity contribution in [2.24, 2.45) is 0 Å². The summed E-state index contributed by atoms with van der Waals surface area (Å²) in [5.74, 6) is -3.23. The second-order valence-corrected chi connectivity index (χ2v) is 8.08. The Bertz CT molecular complexity index is 1270. The summed E-state index contributed by atoms with van der Waals surface area (Å²) in [4.78, 5) is 29.7. The Balaban J connectivity index is 2.12. The molecule has 2 N–H and O–H groups in total. The molecule has 1 atom stereocenters. The number of rotatable bonds is 8. The van der Waals surface area contributed by atoms with Gasteiger partial charge in [0.25, 0.3) is 10.0 Å². The van der Waals surface area contributed by atoms with E-state index in [1.807, 2.05) is 0 Å². The van der Waals surface area contributed by atoms with E-state index in [0.29, 0.717) is 12.2 Å². The Labute approximate surface area is 182 Å². The molecule has 1 unspecified atom stereocenters. The summed E-state index contributed by atoms with van der Waals surface area (Å²) < 4.78 is 46.9. The average molecular weight is 460 g/mol. The Morgan fingerprint density at radius 2 is 2.00 bits per heavy atom. The van der Waals surface area contributed by atoms with Gasteiger partial charge in [0.2, 0.25) is 5.95 Å². The van der Waals surface area contributed by atoms with E-state index in [-0.39, 0.29) is 21.7 Å². The summed E-state index contributed by atoms with van der Waals surface area (Å²) in [6.45, 7) is 0. The summed E-state index contributed by atoms with van der Waals surface area (Å²) in [7, 11) is -2.76. The van der Waals surface area contributed by atoms with E-state index in [4.69, 9.17) is 9.84 Å². The lowest BCUT2D eigenvalue weighted by molar-refractivity contribution is -0.145. The zero-order valence-electron chi connectivity index (χ0n) is 16.5. The fourth-order valence-electron chi connectivity index (χ4n) is 2.78. The third-order valence-corrected chi connectivity index (χ3v) is 5.85. The van der Waals surface area contributed by atoms with Gasteiger partial charge in [-0.15, -0.1) is 0 Å². The molecule has 3 aromatic heterocycles. The zero-order chi connectivity index (χ0) is 23.3. The van der Waals surface area contributed by atoms with E-state index < -0.39 is 34.1 Å². The minimum absolute atomic E-state index is 0.0631. The lowest BCUT2D eigenvalue weighted by Crippen LogP contribution is -2.22. The molecule has 0 saturated heterocycles. The van der Waals surface area contributed by atoms with Gasteiger partial charge in [-0.3, -0.25) is 10.3 Å². The van der Waals surface area contributed by atoms with Gasteiger partial charge in [-0.25, -0.2) is 27.0 Å².